The van der Waals surface area contributed by atoms with Gasteiger partial charge in [-0.15, -0.1) is 0 Å². The standard InChI is InChI=1S/C18H15ClF4N4O2S/c1-9-17(30(2,28)29)27-16(25-9)14(10-5-6-12(20)11(19)8-10)26-13-4-3-7-24-15(13)18(21,22)23/h3-8,14,26H,1-2H3,(H,25,27). The second-order valence-electron chi connectivity index (χ2n) is 6.47. The molecule has 0 aliphatic heterocycles. The molecule has 1 atom stereocenters. The maximum Gasteiger partial charge on any atom is 0.435 e. The quantitative estimate of drug-likeness (QED) is 0.544. The van der Waals surface area contributed by atoms with Crippen molar-refractivity contribution < 1.29 is 26.0 Å². The van der Waals surface area contributed by atoms with Crippen LogP contribution in [0.5, 0.6) is 0 Å². The fourth-order valence-corrected chi connectivity index (χ4v) is 3.93. The minimum absolute atomic E-state index is 0.00702. The van der Waals surface area contributed by atoms with Gasteiger partial charge in [-0.05, 0) is 36.8 Å². The molecule has 0 bridgehead atoms. The van der Waals surface area contributed by atoms with Crippen LogP contribution in [-0.2, 0) is 16.0 Å². The van der Waals surface area contributed by atoms with Gasteiger partial charge in [0.2, 0.25) is 0 Å². The summed E-state index contributed by atoms with van der Waals surface area (Å²) in [6.45, 7) is 1.47. The van der Waals surface area contributed by atoms with Crippen LogP contribution in [0.4, 0.5) is 23.2 Å². The lowest BCUT2D eigenvalue weighted by molar-refractivity contribution is -0.140. The smallest absolute Gasteiger partial charge is 0.370 e. The van der Waals surface area contributed by atoms with Gasteiger partial charge in [-0.25, -0.2) is 22.8 Å². The predicted octanol–water partition coefficient (Wildman–Crippen LogP) is 4.53. The summed E-state index contributed by atoms with van der Waals surface area (Å²) in [4.78, 5) is 10.2. The van der Waals surface area contributed by atoms with Gasteiger partial charge in [0.05, 0.1) is 16.4 Å². The molecule has 0 saturated heterocycles. The number of aromatic amines is 1. The first-order valence-corrected chi connectivity index (χ1v) is 10.6. The highest BCUT2D eigenvalue weighted by Gasteiger charge is 2.36. The third-order valence-corrected chi connectivity index (χ3v) is 5.53. The van der Waals surface area contributed by atoms with Gasteiger partial charge in [0.25, 0.3) is 0 Å². The van der Waals surface area contributed by atoms with Crippen LogP contribution in [-0.4, -0.2) is 29.6 Å². The number of nitrogens with zero attached hydrogens (tertiary/aromatic N) is 2. The number of benzene rings is 1. The largest absolute Gasteiger partial charge is 0.435 e. The Morgan fingerprint density at radius 2 is 1.93 bits per heavy atom. The summed E-state index contributed by atoms with van der Waals surface area (Å²) in [6, 6.07) is 4.94. The van der Waals surface area contributed by atoms with E-state index in [1.807, 2.05) is 0 Å². The number of imidazole rings is 1. The summed E-state index contributed by atoms with van der Waals surface area (Å²) in [5, 5.41) is 2.17. The molecule has 0 aliphatic rings. The number of nitrogens with one attached hydrogen (secondary N) is 2. The molecule has 12 heteroatoms. The Morgan fingerprint density at radius 3 is 2.50 bits per heavy atom. The lowest BCUT2D eigenvalue weighted by Crippen LogP contribution is -2.19. The fourth-order valence-electron chi connectivity index (χ4n) is 2.87. The van der Waals surface area contributed by atoms with E-state index in [1.165, 1.54) is 31.2 Å². The summed E-state index contributed by atoms with van der Waals surface area (Å²) in [6.07, 6.45) is -2.79. The zero-order valence-electron chi connectivity index (χ0n) is 15.6. The number of rotatable bonds is 5. The first-order chi connectivity index (χ1) is 13.9. The molecule has 6 nitrogen and oxygen atoms in total. The number of hydrogen-bond acceptors (Lipinski definition) is 5. The van der Waals surface area contributed by atoms with Crippen molar-refractivity contribution in [2.45, 2.75) is 24.2 Å². The number of pyridine rings is 1. The van der Waals surface area contributed by atoms with E-state index in [1.54, 1.807) is 0 Å². The minimum Gasteiger partial charge on any atom is -0.370 e. The second-order valence-corrected chi connectivity index (χ2v) is 8.81. The van der Waals surface area contributed by atoms with Crippen LogP contribution in [0.1, 0.15) is 28.8 Å². The van der Waals surface area contributed by atoms with Crippen molar-refractivity contribution in [3.8, 4) is 0 Å². The Bertz CT molecular complexity index is 1200. The number of anilines is 1. The maximum atomic E-state index is 13.6. The van der Waals surface area contributed by atoms with Crippen LogP contribution in [0, 0.1) is 12.7 Å². The summed E-state index contributed by atoms with van der Waals surface area (Å²) in [7, 11) is -3.70. The van der Waals surface area contributed by atoms with Crippen LogP contribution < -0.4 is 5.32 Å². The molecule has 2 aromatic heterocycles. The number of alkyl halides is 3. The minimum atomic E-state index is -4.74. The highest BCUT2D eigenvalue weighted by Crippen LogP contribution is 2.36. The van der Waals surface area contributed by atoms with Crippen molar-refractivity contribution in [2.75, 3.05) is 11.6 Å². The molecular formula is C18H15ClF4N4O2S. The lowest BCUT2D eigenvalue weighted by atomic mass is 10.1. The van der Waals surface area contributed by atoms with E-state index in [0.29, 0.717) is 0 Å². The van der Waals surface area contributed by atoms with Gasteiger partial charge in [-0.3, -0.25) is 0 Å². The van der Waals surface area contributed by atoms with Crippen molar-refractivity contribution in [1.82, 2.24) is 15.0 Å². The molecule has 3 rings (SSSR count). The average Bonchev–Trinajstić information content (AvgIpc) is 3.03. The molecule has 0 aliphatic carbocycles. The van der Waals surface area contributed by atoms with E-state index < -0.39 is 33.6 Å². The molecule has 160 valence electrons. The van der Waals surface area contributed by atoms with Crippen molar-refractivity contribution in [1.29, 1.82) is 0 Å². The van der Waals surface area contributed by atoms with E-state index in [4.69, 9.17) is 11.6 Å². The molecule has 2 N–H and O–H groups in total. The molecule has 1 unspecified atom stereocenters. The topological polar surface area (TPSA) is 87.7 Å². The van der Waals surface area contributed by atoms with Crippen LogP contribution in [0.25, 0.3) is 0 Å². The van der Waals surface area contributed by atoms with E-state index >= 15 is 0 Å². The molecule has 0 spiro atoms. The number of H-pyrrole nitrogens is 1. The van der Waals surface area contributed by atoms with E-state index in [0.717, 1.165) is 18.5 Å². The van der Waals surface area contributed by atoms with E-state index in [2.05, 4.69) is 20.3 Å². The van der Waals surface area contributed by atoms with Crippen molar-refractivity contribution in [3.63, 3.8) is 0 Å². The Hall–Kier alpha value is -2.66. The zero-order valence-corrected chi connectivity index (χ0v) is 17.1. The average molecular weight is 463 g/mol. The summed E-state index contributed by atoms with van der Waals surface area (Å²) < 4.78 is 77.6. The molecule has 0 fully saturated rings. The Morgan fingerprint density at radius 1 is 1.23 bits per heavy atom. The Labute approximate surface area is 174 Å². The third kappa shape index (κ3) is 4.57. The van der Waals surface area contributed by atoms with Gasteiger partial charge < -0.3 is 10.3 Å². The molecular weight excluding hydrogens is 448 g/mol. The van der Waals surface area contributed by atoms with E-state index in [9.17, 15) is 26.0 Å². The van der Waals surface area contributed by atoms with Gasteiger partial charge in [0.15, 0.2) is 20.6 Å². The van der Waals surface area contributed by atoms with Gasteiger partial charge in [0, 0.05) is 12.5 Å². The predicted molar refractivity (Wildman–Crippen MR) is 103 cm³/mol. The van der Waals surface area contributed by atoms with Crippen LogP contribution in [0.15, 0.2) is 41.6 Å². The molecule has 0 saturated carbocycles. The van der Waals surface area contributed by atoms with Crippen molar-refractivity contribution >= 4 is 27.1 Å². The van der Waals surface area contributed by atoms with Crippen LogP contribution in [0.3, 0.4) is 0 Å². The van der Waals surface area contributed by atoms with Crippen molar-refractivity contribution in [2.24, 2.45) is 0 Å². The summed E-state index contributed by atoms with van der Waals surface area (Å²) >= 11 is 5.84. The highest BCUT2D eigenvalue weighted by atomic mass is 35.5. The molecule has 2 heterocycles. The maximum absolute atomic E-state index is 13.6. The SMILES string of the molecule is Cc1[nH]c(C(Nc2cccnc2C(F)(F)F)c2ccc(F)c(Cl)c2)nc1S(C)(=O)=O. The Balaban J connectivity index is 2.16. The second kappa shape index (κ2) is 7.88. The molecule has 0 amide bonds. The van der Waals surface area contributed by atoms with E-state index in [-0.39, 0.29) is 32.8 Å². The summed E-state index contributed by atoms with van der Waals surface area (Å²) in [5.41, 5.74) is -1.08. The number of halogens is 5. The highest BCUT2D eigenvalue weighted by molar-refractivity contribution is 7.90. The Kier molecular flexibility index (Phi) is 5.79. The van der Waals surface area contributed by atoms with Gasteiger partial charge in [-0.2, -0.15) is 13.2 Å². The molecule has 30 heavy (non-hydrogen) atoms. The van der Waals surface area contributed by atoms with Crippen LogP contribution in [0.2, 0.25) is 5.02 Å². The molecule has 0 radical (unpaired) electrons. The number of aryl methyl sites for hydroxylation is 1. The van der Waals surface area contributed by atoms with Crippen molar-refractivity contribution in [3.05, 3.63) is 70.1 Å². The fraction of sp³-hybridized carbons (Fsp3) is 0.222. The monoisotopic (exact) mass is 462 g/mol. The van der Waals surface area contributed by atoms with Gasteiger partial charge in [-0.1, -0.05) is 17.7 Å². The zero-order chi connectivity index (χ0) is 22.3. The first kappa shape index (κ1) is 22.0. The summed E-state index contributed by atoms with van der Waals surface area (Å²) in [5.74, 6) is -0.712. The molecule has 1 aromatic carbocycles. The van der Waals surface area contributed by atoms with Gasteiger partial charge >= 0.3 is 6.18 Å². The number of sulfone groups is 1. The lowest BCUT2D eigenvalue weighted by Gasteiger charge is -2.21. The first-order valence-electron chi connectivity index (χ1n) is 8.38. The van der Waals surface area contributed by atoms with Crippen LogP contribution >= 0.6 is 11.6 Å². The number of hydrogen-bond donors (Lipinski definition) is 2. The van der Waals surface area contributed by atoms with Gasteiger partial charge in [0.1, 0.15) is 17.7 Å². The third-order valence-electron chi connectivity index (χ3n) is 4.14. The molecule has 3 aromatic rings. The normalized spacial score (nSPS) is 13.3. The number of aromatic nitrogens is 3.